The monoisotopic (exact) mass is 357 g/mol. The Morgan fingerprint density at radius 3 is 2.46 bits per heavy atom. The number of benzene rings is 1. The first-order valence-electron chi connectivity index (χ1n) is 9.90. The average Bonchev–Trinajstić information content (AvgIpc) is 2.66. The van der Waals surface area contributed by atoms with Crippen molar-refractivity contribution < 1.29 is 9.59 Å². The molecular weight excluding hydrogens is 326 g/mol. The Labute approximate surface area is 156 Å². The Morgan fingerprint density at radius 2 is 1.81 bits per heavy atom. The van der Waals surface area contributed by atoms with E-state index >= 15 is 0 Å². The van der Waals surface area contributed by atoms with Gasteiger partial charge in [0, 0.05) is 30.4 Å². The van der Waals surface area contributed by atoms with Crippen LogP contribution in [0.1, 0.15) is 53.6 Å². The number of carbonyl (C=O) groups excluding carboxylic acids is 2. The zero-order valence-electron chi connectivity index (χ0n) is 16.1. The van der Waals surface area contributed by atoms with Crippen molar-refractivity contribution in [2.75, 3.05) is 38.0 Å². The fourth-order valence-corrected chi connectivity index (χ4v) is 4.29. The van der Waals surface area contributed by atoms with Crippen LogP contribution in [0.5, 0.6) is 0 Å². The molecule has 2 saturated heterocycles. The maximum Gasteiger partial charge on any atom is 0.238 e. The van der Waals surface area contributed by atoms with Crippen molar-refractivity contribution >= 4 is 17.9 Å². The van der Waals surface area contributed by atoms with Gasteiger partial charge in [0.05, 0.1) is 6.54 Å². The van der Waals surface area contributed by atoms with Crippen LogP contribution in [-0.4, -0.2) is 60.8 Å². The van der Waals surface area contributed by atoms with Gasteiger partial charge in [0.1, 0.15) is 6.29 Å². The number of nitrogens with zero attached hydrogens (tertiary/aromatic N) is 2. The number of anilines is 1. The highest BCUT2D eigenvalue weighted by Gasteiger charge is 2.26. The second-order valence-corrected chi connectivity index (χ2v) is 7.74. The molecule has 142 valence electrons. The van der Waals surface area contributed by atoms with Gasteiger partial charge in [-0.3, -0.25) is 14.5 Å². The van der Waals surface area contributed by atoms with Crippen molar-refractivity contribution in [3.05, 3.63) is 28.8 Å². The van der Waals surface area contributed by atoms with Gasteiger partial charge in [-0.25, -0.2) is 0 Å². The summed E-state index contributed by atoms with van der Waals surface area (Å²) in [6.45, 7) is 8.74. The molecular formula is C21H31N3O2. The van der Waals surface area contributed by atoms with Gasteiger partial charge in [-0.2, -0.15) is 0 Å². The molecule has 1 N–H and O–H groups in total. The lowest BCUT2D eigenvalue weighted by Gasteiger charge is -2.40. The van der Waals surface area contributed by atoms with E-state index < -0.39 is 0 Å². The second kappa shape index (κ2) is 8.78. The van der Waals surface area contributed by atoms with Gasteiger partial charge in [-0.1, -0.05) is 18.6 Å². The number of likely N-dealkylation sites (tertiary alicyclic amines) is 2. The maximum atomic E-state index is 12.5. The van der Waals surface area contributed by atoms with E-state index in [2.05, 4.69) is 15.1 Å². The third-order valence-electron chi connectivity index (χ3n) is 5.94. The number of nitrogens with one attached hydrogen (secondary N) is 1. The standard InChI is InChI=1S/C21H31N3O2/c1-16-6-7-18(15-25)17(2)21(16)22-20(26)14-23-12-8-19(9-13-23)24-10-4-3-5-11-24/h6-7,15,19H,3-5,8-14H2,1-2H3,(H,22,26). The molecule has 5 nitrogen and oxygen atoms in total. The highest BCUT2D eigenvalue weighted by molar-refractivity contribution is 5.95. The van der Waals surface area contributed by atoms with Crippen molar-refractivity contribution in [2.24, 2.45) is 0 Å². The van der Waals surface area contributed by atoms with Crippen LogP contribution in [0.4, 0.5) is 5.69 Å². The number of piperidine rings is 2. The van der Waals surface area contributed by atoms with Crippen LogP contribution in [0.2, 0.25) is 0 Å². The summed E-state index contributed by atoms with van der Waals surface area (Å²) in [5.41, 5.74) is 3.25. The molecule has 3 rings (SSSR count). The van der Waals surface area contributed by atoms with Crippen LogP contribution < -0.4 is 5.32 Å². The van der Waals surface area contributed by atoms with E-state index in [0.717, 1.165) is 49.0 Å². The molecule has 1 amide bonds. The molecule has 0 spiro atoms. The van der Waals surface area contributed by atoms with Gasteiger partial charge in [-0.05, 0) is 63.7 Å². The number of amides is 1. The van der Waals surface area contributed by atoms with Gasteiger partial charge in [0.2, 0.25) is 5.91 Å². The molecule has 0 saturated carbocycles. The highest BCUT2D eigenvalue weighted by Crippen LogP contribution is 2.24. The molecule has 1 aromatic rings. The van der Waals surface area contributed by atoms with E-state index in [0.29, 0.717) is 18.2 Å². The van der Waals surface area contributed by atoms with Crippen LogP contribution in [-0.2, 0) is 4.79 Å². The molecule has 0 radical (unpaired) electrons. The molecule has 0 aromatic heterocycles. The topological polar surface area (TPSA) is 52.7 Å². The molecule has 26 heavy (non-hydrogen) atoms. The first-order chi connectivity index (χ1) is 12.6. The van der Waals surface area contributed by atoms with E-state index in [4.69, 9.17) is 0 Å². The SMILES string of the molecule is Cc1ccc(C=O)c(C)c1NC(=O)CN1CCC(N2CCCCC2)CC1. The number of aryl methyl sites for hydroxylation is 1. The zero-order chi connectivity index (χ0) is 18.5. The van der Waals surface area contributed by atoms with Gasteiger partial charge in [0.25, 0.3) is 0 Å². The van der Waals surface area contributed by atoms with E-state index in [9.17, 15) is 9.59 Å². The minimum Gasteiger partial charge on any atom is -0.324 e. The van der Waals surface area contributed by atoms with Crippen LogP contribution >= 0.6 is 0 Å². The number of aldehydes is 1. The van der Waals surface area contributed by atoms with Crippen LogP contribution in [0.15, 0.2) is 12.1 Å². The van der Waals surface area contributed by atoms with Crippen molar-refractivity contribution in [3.63, 3.8) is 0 Å². The second-order valence-electron chi connectivity index (χ2n) is 7.74. The molecule has 2 heterocycles. The predicted molar refractivity (Wildman–Crippen MR) is 105 cm³/mol. The highest BCUT2D eigenvalue weighted by atomic mass is 16.2. The van der Waals surface area contributed by atoms with E-state index in [1.165, 1.54) is 32.4 Å². The first kappa shape index (κ1) is 19.1. The molecule has 2 fully saturated rings. The third-order valence-corrected chi connectivity index (χ3v) is 5.94. The Hall–Kier alpha value is -1.72. The quantitative estimate of drug-likeness (QED) is 0.823. The van der Waals surface area contributed by atoms with E-state index in [1.807, 2.05) is 19.9 Å². The fourth-order valence-electron chi connectivity index (χ4n) is 4.29. The molecule has 0 atom stereocenters. The predicted octanol–water partition coefficient (Wildman–Crippen LogP) is 3.00. The molecule has 2 aliphatic rings. The normalized spacial score (nSPS) is 20.1. The summed E-state index contributed by atoms with van der Waals surface area (Å²) in [4.78, 5) is 28.6. The lowest BCUT2D eigenvalue weighted by atomic mass is 10.00. The first-order valence-corrected chi connectivity index (χ1v) is 9.90. The van der Waals surface area contributed by atoms with Crippen LogP contribution in [0.3, 0.4) is 0 Å². The fraction of sp³-hybridized carbons (Fsp3) is 0.619. The van der Waals surface area contributed by atoms with E-state index in [-0.39, 0.29) is 5.91 Å². The number of hydrogen-bond acceptors (Lipinski definition) is 4. The largest absolute Gasteiger partial charge is 0.324 e. The zero-order valence-corrected chi connectivity index (χ0v) is 16.1. The summed E-state index contributed by atoms with van der Waals surface area (Å²) in [7, 11) is 0. The lowest BCUT2D eigenvalue weighted by molar-refractivity contribution is -0.117. The van der Waals surface area contributed by atoms with Crippen molar-refractivity contribution in [1.29, 1.82) is 0 Å². The summed E-state index contributed by atoms with van der Waals surface area (Å²) in [5, 5.41) is 3.03. The van der Waals surface area contributed by atoms with Crippen LogP contribution in [0, 0.1) is 13.8 Å². The smallest absolute Gasteiger partial charge is 0.238 e. The molecule has 5 heteroatoms. The lowest BCUT2D eigenvalue weighted by Crippen LogP contribution is -2.48. The number of carbonyl (C=O) groups is 2. The Kier molecular flexibility index (Phi) is 6.43. The van der Waals surface area contributed by atoms with E-state index in [1.54, 1.807) is 6.07 Å². The minimum atomic E-state index is 0.00988. The number of rotatable bonds is 5. The van der Waals surface area contributed by atoms with Crippen LogP contribution in [0.25, 0.3) is 0 Å². The molecule has 1 aromatic carbocycles. The Balaban J connectivity index is 1.51. The third kappa shape index (κ3) is 4.51. The summed E-state index contributed by atoms with van der Waals surface area (Å²) in [6, 6.07) is 4.39. The van der Waals surface area contributed by atoms with Crippen molar-refractivity contribution in [3.8, 4) is 0 Å². The minimum absolute atomic E-state index is 0.00988. The molecule has 0 aliphatic carbocycles. The van der Waals surface area contributed by atoms with Gasteiger partial charge >= 0.3 is 0 Å². The maximum absolute atomic E-state index is 12.5. The van der Waals surface area contributed by atoms with Gasteiger partial charge in [-0.15, -0.1) is 0 Å². The van der Waals surface area contributed by atoms with Crippen molar-refractivity contribution in [2.45, 2.75) is 52.0 Å². The molecule has 2 aliphatic heterocycles. The summed E-state index contributed by atoms with van der Waals surface area (Å²) in [5.74, 6) is 0.00988. The van der Waals surface area contributed by atoms with Crippen molar-refractivity contribution in [1.82, 2.24) is 9.80 Å². The molecule has 0 bridgehead atoms. The number of hydrogen-bond donors (Lipinski definition) is 1. The Morgan fingerprint density at radius 1 is 1.12 bits per heavy atom. The summed E-state index contributed by atoms with van der Waals surface area (Å²) in [6.07, 6.45) is 7.20. The summed E-state index contributed by atoms with van der Waals surface area (Å²) < 4.78 is 0. The average molecular weight is 357 g/mol. The summed E-state index contributed by atoms with van der Waals surface area (Å²) >= 11 is 0. The Bertz CT molecular complexity index is 645. The molecule has 0 unspecified atom stereocenters. The van der Waals surface area contributed by atoms with Gasteiger partial charge in [0.15, 0.2) is 0 Å². The van der Waals surface area contributed by atoms with Gasteiger partial charge < -0.3 is 10.2 Å².